The molecule has 8 nitrogen and oxygen atoms in total. The van der Waals surface area contributed by atoms with Gasteiger partial charge in [0.25, 0.3) is 0 Å². The Morgan fingerprint density at radius 1 is 1.43 bits per heavy atom. The van der Waals surface area contributed by atoms with Crippen molar-refractivity contribution >= 4 is 27.7 Å². The Kier molecular flexibility index (Phi) is 4.24. The van der Waals surface area contributed by atoms with Crippen molar-refractivity contribution in [1.82, 2.24) is 9.29 Å². The minimum Gasteiger partial charge on any atom is -0.478 e. The Bertz CT molecular complexity index is 656. The van der Waals surface area contributed by atoms with Crippen LogP contribution >= 0.6 is 0 Å². The number of aromatic nitrogens is 1. The number of nitrogens with zero attached hydrogens (tertiary/aromatic N) is 2. The first-order chi connectivity index (χ1) is 9.79. The molecule has 2 rings (SSSR count). The fourth-order valence-corrected chi connectivity index (χ4v) is 3.33. The van der Waals surface area contributed by atoms with E-state index in [9.17, 15) is 18.0 Å². The Morgan fingerprint density at radius 2 is 2.14 bits per heavy atom. The van der Waals surface area contributed by atoms with Gasteiger partial charge in [-0.2, -0.15) is 4.31 Å². The highest BCUT2D eigenvalue weighted by molar-refractivity contribution is 7.88. The Morgan fingerprint density at radius 3 is 2.67 bits per heavy atom. The fraction of sp³-hybridized carbons (Fsp3) is 0.417. The number of amides is 1. The van der Waals surface area contributed by atoms with Crippen molar-refractivity contribution in [1.29, 1.82) is 0 Å². The highest BCUT2D eigenvalue weighted by Gasteiger charge is 2.36. The molecule has 1 saturated heterocycles. The van der Waals surface area contributed by atoms with Crippen LogP contribution in [0.5, 0.6) is 0 Å². The van der Waals surface area contributed by atoms with Crippen molar-refractivity contribution in [3.8, 4) is 0 Å². The van der Waals surface area contributed by atoms with E-state index < -0.39 is 27.9 Å². The number of nitrogens with one attached hydrogen (secondary N) is 1. The zero-order valence-electron chi connectivity index (χ0n) is 11.3. The average molecular weight is 313 g/mol. The highest BCUT2D eigenvalue weighted by atomic mass is 32.2. The van der Waals surface area contributed by atoms with E-state index in [1.165, 1.54) is 12.1 Å². The van der Waals surface area contributed by atoms with Gasteiger partial charge in [0.1, 0.15) is 11.9 Å². The number of anilines is 1. The second-order valence-electron chi connectivity index (χ2n) is 4.76. The average Bonchev–Trinajstić information content (AvgIpc) is 2.88. The van der Waals surface area contributed by atoms with Gasteiger partial charge < -0.3 is 10.4 Å². The lowest BCUT2D eigenvalue weighted by molar-refractivity contribution is -0.119. The number of hydrogen-bond acceptors (Lipinski definition) is 5. The number of sulfonamides is 1. The summed E-state index contributed by atoms with van der Waals surface area (Å²) in [6.45, 7) is 0.322. The summed E-state index contributed by atoms with van der Waals surface area (Å²) in [6, 6.07) is 1.93. The normalized spacial score (nSPS) is 19.4. The summed E-state index contributed by atoms with van der Waals surface area (Å²) >= 11 is 0. The fourth-order valence-electron chi connectivity index (χ4n) is 2.20. The topological polar surface area (TPSA) is 117 Å². The first-order valence-corrected chi connectivity index (χ1v) is 8.11. The second kappa shape index (κ2) is 5.78. The number of rotatable bonds is 4. The molecule has 21 heavy (non-hydrogen) atoms. The Balaban J connectivity index is 2.09. The summed E-state index contributed by atoms with van der Waals surface area (Å²) in [5.74, 6) is -1.39. The first kappa shape index (κ1) is 15.4. The molecule has 2 N–H and O–H groups in total. The molecule has 1 aliphatic rings. The van der Waals surface area contributed by atoms with Crippen LogP contribution in [0.1, 0.15) is 23.2 Å². The molecule has 1 unspecified atom stereocenters. The lowest BCUT2D eigenvalue weighted by Gasteiger charge is -2.21. The molecule has 1 aromatic rings. The van der Waals surface area contributed by atoms with Gasteiger partial charge in [0, 0.05) is 12.7 Å². The molecule has 0 spiro atoms. The molecule has 1 fully saturated rings. The molecule has 0 bridgehead atoms. The van der Waals surface area contributed by atoms with Gasteiger partial charge in [0.2, 0.25) is 15.9 Å². The van der Waals surface area contributed by atoms with Crippen LogP contribution in [0.2, 0.25) is 0 Å². The van der Waals surface area contributed by atoms with E-state index in [0.717, 1.165) is 16.8 Å². The van der Waals surface area contributed by atoms with Crippen molar-refractivity contribution in [3.63, 3.8) is 0 Å². The van der Waals surface area contributed by atoms with E-state index in [1.807, 2.05) is 0 Å². The van der Waals surface area contributed by atoms with Crippen molar-refractivity contribution in [3.05, 3.63) is 23.9 Å². The molecule has 0 radical (unpaired) electrons. The third kappa shape index (κ3) is 3.56. The van der Waals surface area contributed by atoms with Crippen LogP contribution < -0.4 is 5.32 Å². The number of hydrogen-bond donors (Lipinski definition) is 2. The molecule has 1 aromatic heterocycles. The maximum Gasteiger partial charge on any atom is 0.337 e. The molecule has 1 aliphatic heterocycles. The number of carbonyl (C=O) groups is 2. The molecule has 0 aromatic carbocycles. The van der Waals surface area contributed by atoms with Crippen LogP contribution in [0, 0.1) is 0 Å². The number of carbonyl (C=O) groups excluding carboxylic acids is 1. The standard InChI is InChI=1S/C12H15N3O5S/c1-21(19,20)15-6-2-3-9(15)11(16)14-10-5-4-8(7-13-10)12(17)18/h4-5,7,9H,2-3,6H2,1H3,(H,17,18)(H,13,14,16). The van der Waals surface area contributed by atoms with Crippen LogP contribution in [0.4, 0.5) is 5.82 Å². The molecule has 0 aliphatic carbocycles. The van der Waals surface area contributed by atoms with Gasteiger partial charge in [-0.1, -0.05) is 0 Å². The summed E-state index contributed by atoms with van der Waals surface area (Å²) in [5, 5.41) is 11.3. The summed E-state index contributed by atoms with van der Waals surface area (Å²) in [5.41, 5.74) is 0.00614. The molecule has 1 atom stereocenters. The van der Waals surface area contributed by atoms with Gasteiger partial charge in [-0.3, -0.25) is 4.79 Å². The van der Waals surface area contributed by atoms with E-state index in [-0.39, 0.29) is 11.4 Å². The van der Waals surface area contributed by atoms with Crippen molar-refractivity contribution < 1.29 is 23.1 Å². The van der Waals surface area contributed by atoms with Crippen LogP contribution in [-0.4, -0.2) is 53.5 Å². The van der Waals surface area contributed by atoms with Gasteiger partial charge in [-0.15, -0.1) is 0 Å². The van der Waals surface area contributed by atoms with Crippen molar-refractivity contribution in [2.45, 2.75) is 18.9 Å². The SMILES string of the molecule is CS(=O)(=O)N1CCCC1C(=O)Nc1ccc(C(=O)O)cn1. The van der Waals surface area contributed by atoms with Gasteiger partial charge in [0.15, 0.2) is 0 Å². The number of carboxylic acid groups (broad SMARTS) is 1. The zero-order chi connectivity index (χ0) is 15.6. The lowest BCUT2D eigenvalue weighted by Crippen LogP contribution is -2.42. The van der Waals surface area contributed by atoms with Crippen molar-refractivity contribution in [2.24, 2.45) is 0 Å². The second-order valence-corrected chi connectivity index (χ2v) is 6.69. The molecule has 9 heteroatoms. The van der Waals surface area contributed by atoms with Crippen LogP contribution in [0.3, 0.4) is 0 Å². The molecular formula is C12H15N3O5S. The summed E-state index contributed by atoms with van der Waals surface area (Å²) in [4.78, 5) is 26.6. The predicted octanol–water partition coefficient (Wildman–Crippen LogP) is 0.142. The van der Waals surface area contributed by atoms with E-state index in [2.05, 4.69) is 10.3 Å². The number of carboxylic acids is 1. The molecule has 2 heterocycles. The van der Waals surface area contributed by atoms with Crippen LogP contribution in [0.15, 0.2) is 18.3 Å². The quantitative estimate of drug-likeness (QED) is 0.817. The van der Waals surface area contributed by atoms with Crippen LogP contribution in [-0.2, 0) is 14.8 Å². The zero-order valence-corrected chi connectivity index (χ0v) is 12.1. The Hall–Kier alpha value is -2.00. The summed E-state index contributed by atoms with van der Waals surface area (Å²) in [6.07, 6.45) is 3.27. The minimum atomic E-state index is -3.43. The van der Waals surface area contributed by atoms with Gasteiger partial charge in [-0.05, 0) is 25.0 Å². The summed E-state index contributed by atoms with van der Waals surface area (Å²) < 4.78 is 24.3. The first-order valence-electron chi connectivity index (χ1n) is 6.26. The van der Waals surface area contributed by atoms with Crippen molar-refractivity contribution in [2.75, 3.05) is 18.1 Å². The highest BCUT2D eigenvalue weighted by Crippen LogP contribution is 2.21. The third-order valence-electron chi connectivity index (χ3n) is 3.19. The molecular weight excluding hydrogens is 298 g/mol. The maximum absolute atomic E-state index is 12.1. The van der Waals surface area contributed by atoms with E-state index in [0.29, 0.717) is 19.4 Å². The maximum atomic E-state index is 12.1. The largest absolute Gasteiger partial charge is 0.478 e. The minimum absolute atomic E-state index is 0.00614. The molecule has 1 amide bonds. The third-order valence-corrected chi connectivity index (χ3v) is 4.48. The Labute approximate surface area is 121 Å². The smallest absolute Gasteiger partial charge is 0.337 e. The molecule has 0 saturated carbocycles. The van der Waals surface area contributed by atoms with E-state index >= 15 is 0 Å². The predicted molar refractivity (Wildman–Crippen MR) is 74.4 cm³/mol. The van der Waals surface area contributed by atoms with E-state index in [1.54, 1.807) is 0 Å². The van der Waals surface area contributed by atoms with Gasteiger partial charge in [-0.25, -0.2) is 18.2 Å². The van der Waals surface area contributed by atoms with E-state index in [4.69, 9.17) is 5.11 Å². The number of pyridine rings is 1. The monoisotopic (exact) mass is 313 g/mol. The molecule has 114 valence electrons. The summed E-state index contributed by atoms with van der Waals surface area (Å²) in [7, 11) is -3.43. The lowest BCUT2D eigenvalue weighted by atomic mass is 10.2. The van der Waals surface area contributed by atoms with Gasteiger partial charge in [0.05, 0.1) is 11.8 Å². The number of aromatic carboxylic acids is 1. The van der Waals surface area contributed by atoms with Gasteiger partial charge >= 0.3 is 5.97 Å². The van der Waals surface area contributed by atoms with Crippen LogP contribution in [0.25, 0.3) is 0 Å².